The predicted molar refractivity (Wildman–Crippen MR) is 238 cm³/mol. The van der Waals surface area contributed by atoms with Crippen LogP contribution in [0.4, 0.5) is 0 Å². The number of esters is 1. The van der Waals surface area contributed by atoms with E-state index in [9.17, 15) is 58.6 Å². The Morgan fingerprint density at radius 2 is 1.60 bits per heavy atom. The number of aliphatic hydroxyl groups is 8. The van der Waals surface area contributed by atoms with Gasteiger partial charge in [-0.05, 0) is 74.5 Å². The molecule has 4 heterocycles. The van der Waals surface area contributed by atoms with Crippen LogP contribution in [0, 0.1) is 40.4 Å². The van der Waals surface area contributed by atoms with Crippen molar-refractivity contribution in [3.8, 4) is 0 Å². The first-order chi connectivity index (χ1) is 32.9. The van der Waals surface area contributed by atoms with Gasteiger partial charge in [-0.2, -0.15) is 8.42 Å². The van der Waals surface area contributed by atoms with Crippen molar-refractivity contribution in [1.29, 1.82) is 0 Å². The highest BCUT2D eigenvalue weighted by atomic mass is 32.3. The molecule has 4 aliphatic heterocycles. The molecule has 7 fully saturated rings. The topological polar surface area (TPSA) is 326 Å². The lowest BCUT2D eigenvalue weighted by Crippen LogP contribution is -2.64. The Kier molecular flexibility index (Phi) is 16.1. The Balaban J connectivity index is 0.992. The molecule has 3 saturated carbocycles. The number of ether oxygens (including phenoxy) is 9. The van der Waals surface area contributed by atoms with Gasteiger partial charge in [0.1, 0.15) is 48.8 Å². The van der Waals surface area contributed by atoms with Crippen molar-refractivity contribution in [1.82, 2.24) is 0 Å². The molecule has 0 radical (unpaired) electrons. The summed E-state index contributed by atoms with van der Waals surface area (Å²) in [5.41, 5.74) is 0.857. The summed E-state index contributed by atoms with van der Waals surface area (Å²) in [6.07, 6.45) is -15.9. The van der Waals surface area contributed by atoms with Crippen LogP contribution in [-0.2, 0) is 62.0 Å². The van der Waals surface area contributed by atoms with Crippen LogP contribution >= 0.6 is 0 Å². The zero-order valence-corrected chi connectivity index (χ0v) is 41.3. The third-order valence-electron chi connectivity index (χ3n) is 17.6. The van der Waals surface area contributed by atoms with Crippen LogP contribution in [0.2, 0.25) is 0 Å². The second-order valence-corrected chi connectivity index (χ2v) is 22.5. The van der Waals surface area contributed by atoms with Crippen molar-refractivity contribution in [3.05, 3.63) is 23.8 Å². The van der Waals surface area contributed by atoms with E-state index >= 15 is 0 Å². The Labute approximate surface area is 408 Å². The van der Waals surface area contributed by atoms with Gasteiger partial charge in [-0.3, -0.25) is 9.35 Å². The number of methoxy groups -OCH3 is 1. The minimum absolute atomic E-state index is 0.0224. The second kappa shape index (κ2) is 20.7. The van der Waals surface area contributed by atoms with E-state index in [1.165, 1.54) is 6.92 Å². The highest BCUT2D eigenvalue weighted by Gasteiger charge is 2.69. The number of carbonyl (C=O) groups is 1. The monoisotopic (exact) mass is 1020 g/mol. The van der Waals surface area contributed by atoms with Gasteiger partial charge in [-0.1, -0.05) is 44.6 Å². The molecule has 4 aliphatic carbocycles. The minimum Gasteiger partial charge on any atom is -0.457 e. The summed E-state index contributed by atoms with van der Waals surface area (Å²) in [4.78, 5) is 12.6. The molecule has 0 bridgehead atoms. The van der Waals surface area contributed by atoms with E-state index in [1.54, 1.807) is 7.11 Å². The molecule has 8 aliphatic rings. The number of carbonyl (C=O) groups excluding carboxylic acids is 1. The van der Waals surface area contributed by atoms with Gasteiger partial charge in [0.15, 0.2) is 36.9 Å². The zero-order chi connectivity index (χ0) is 51.0. The summed E-state index contributed by atoms with van der Waals surface area (Å²) in [5, 5.41) is 83.8. The third-order valence-corrected chi connectivity index (χ3v) is 18.1. The predicted octanol–water partition coefficient (Wildman–Crippen LogP) is -0.249. The molecule has 0 aromatic heterocycles. The summed E-state index contributed by atoms with van der Waals surface area (Å²) in [6.45, 7) is 12.2. The molecule has 9 N–H and O–H groups in total. The van der Waals surface area contributed by atoms with Gasteiger partial charge < -0.3 is 83.5 Å². The summed E-state index contributed by atoms with van der Waals surface area (Å²) in [7, 11) is -3.49. The molecule has 8 rings (SSSR count). The van der Waals surface area contributed by atoms with Crippen molar-refractivity contribution < 1.29 is 105 Å². The number of rotatable bonds is 15. The molecule has 70 heavy (non-hydrogen) atoms. The Bertz CT molecular complexity index is 2020. The van der Waals surface area contributed by atoms with Crippen LogP contribution in [0.1, 0.15) is 86.0 Å². The molecule has 3 unspecified atom stereocenters. The fourth-order valence-electron chi connectivity index (χ4n) is 14.0. The first-order valence-electron chi connectivity index (χ1n) is 24.5. The standard InChI is InChI=1S/C47H74O22S/c1-20(18-61-42-38(55)37(54)35(52)30(17-48)65-42)10-13-47(60-7)21(2)33-29(68-47)16-28-26-9-8-24-14-25(50)15-32(46(24,6)27(26)11-12-45(28,33)5)66-44-41(67-43-39(56)36(53)34(51)22(3)63-43)40(64-23(4)49)31(19-62-44)69-70(57,58)59/h8,21-22,25-44,48,50-56H,1,9-19H2,2-7H3,(H,57,58,59)/t21-,22-,25+,26+,27-,28-,29?,30+,31-,32+,33?,34-,35+,36+,37-,38+,39+,40-,41+,42+,43-,44-,45-,46-,47?/m0/s1. The number of hydrogen-bond acceptors (Lipinski definition) is 21. The lowest BCUT2D eigenvalue weighted by molar-refractivity contribution is -0.361. The van der Waals surface area contributed by atoms with Crippen molar-refractivity contribution >= 4 is 16.4 Å². The highest BCUT2D eigenvalue weighted by molar-refractivity contribution is 7.80. The van der Waals surface area contributed by atoms with Gasteiger partial charge in [-0.15, -0.1) is 0 Å². The maximum atomic E-state index is 12.6. The first-order valence-corrected chi connectivity index (χ1v) is 25.9. The van der Waals surface area contributed by atoms with Crippen LogP contribution < -0.4 is 0 Å². The largest absolute Gasteiger partial charge is 0.457 e. The average Bonchev–Trinajstić information content (AvgIpc) is 3.76. The molecule has 0 spiro atoms. The van der Waals surface area contributed by atoms with Gasteiger partial charge >= 0.3 is 16.4 Å². The molecular weight excluding hydrogens is 949 g/mol. The zero-order valence-electron chi connectivity index (χ0n) is 40.5. The van der Waals surface area contributed by atoms with E-state index in [1.807, 2.05) is 0 Å². The Hall–Kier alpha value is -1.82. The van der Waals surface area contributed by atoms with Crippen molar-refractivity contribution in [2.75, 3.05) is 26.9 Å². The van der Waals surface area contributed by atoms with Gasteiger partial charge in [0.2, 0.25) is 0 Å². The molecule has 4 saturated heterocycles. The maximum absolute atomic E-state index is 12.6. The van der Waals surface area contributed by atoms with E-state index in [0.717, 1.165) is 38.2 Å². The van der Waals surface area contributed by atoms with Gasteiger partial charge in [-0.25, -0.2) is 4.18 Å². The first kappa shape index (κ1) is 54.4. The third kappa shape index (κ3) is 9.94. The van der Waals surface area contributed by atoms with E-state index in [-0.39, 0.29) is 54.1 Å². The molecule has 0 amide bonds. The van der Waals surface area contributed by atoms with E-state index in [0.29, 0.717) is 24.8 Å². The molecule has 0 aromatic carbocycles. The van der Waals surface area contributed by atoms with E-state index < -0.39 is 139 Å². The maximum Gasteiger partial charge on any atom is 0.397 e. The highest BCUT2D eigenvalue weighted by Crippen LogP contribution is 2.70. The number of hydrogen-bond donors (Lipinski definition) is 9. The van der Waals surface area contributed by atoms with E-state index in [2.05, 4.69) is 33.4 Å². The van der Waals surface area contributed by atoms with Crippen LogP contribution in [-0.4, -0.2) is 197 Å². The fourth-order valence-corrected chi connectivity index (χ4v) is 14.5. The van der Waals surface area contributed by atoms with Crippen LogP contribution in [0.3, 0.4) is 0 Å². The summed E-state index contributed by atoms with van der Waals surface area (Å²) in [6, 6.07) is 0. The molecular formula is C47H74O22S. The lowest BCUT2D eigenvalue weighted by atomic mass is 9.46. The molecule has 25 atom stereocenters. The van der Waals surface area contributed by atoms with E-state index in [4.69, 9.17) is 46.8 Å². The molecule has 22 nitrogen and oxygen atoms in total. The lowest BCUT2D eigenvalue weighted by Gasteiger charge is -2.60. The Morgan fingerprint density at radius 3 is 2.27 bits per heavy atom. The summed E-state index contributed by atoms with van der Waals surface area (Å²) >= 11 is 0. The van der Waals surface area contributed by atoms with Crippen LogP contribution in [0.5, 0.6) is 0 Å². The number of fused-ring (bicyclic) bond motifs is 7. The van der Waals surface area contributed by atoms with Crippen molar-refractivity contribution in [3.63, 3.8) is 0 Å². The van der Waals surface area contributed by atoms with Crippen LogP contribution in [0.15, 0.2) is 23.8 Å². The summed E-state index contributed by atoms with van der Waals surface area (Å²) < 4.78 is 93.7. The molecule has 23 heteroatoms. The molecule has 400 valence electrons. The smallest absolute Gasteiger partial charge is 0.397 e. The van der Waals surface area contributed by atoms with Gasteiger partial charge in [0.05, 0.1) is 44.2 Å². The van der Waals surface area contributed by atoms with Crippen molar-refractivity contribution in [2.24, 2.45) is 40.4 Å². The SMILES string of the molecule is C=C(CCC1(OC)OC2C[C@H]3[C@@H]4CC=C5C[C@@H](O)C[C@@H](O[C@@H]6OC[C@H](OS(=O)(=O)O)[C@H](OC(C)=O)[C@H]6O[C@@H]6O[C@@H](C)[C@H](O)[C@@H](O)[C@H]6O)[C@]5(C)[C@H]4CC[C@]3(C)C2[C@@H]1C)CO[C@@H]1O[C@H](CO)[C@@H](O)[C@H](O)[C@H]1O. The fraction of sp³-hybridized carbons (Fsp3) is 0.894. The van der Waals surface area contributed by atoms with Crippen molar-refractivity contribution in [2.45, 2.75) is 196 Å². The molecule has 0 aromatic rings. The summed E-state index contributed by atoms with van der Waals surface area (Å²) in [5.74, 6) is -1.25. The number of allylic oxidation sites excluding steroid dienone is 1. The minimum atomic E-state index is -5.14. The Morgan fingerprint density at radius 1 is 0.900 bits per heavy atom. The average molecular weight is 1020 g/mol. The quantitative estimate of drug-likeness (QED) is 0.0580. The van der Waals surface area contributed by atoms with Gasteiger partial charge in [0, 0.05) is 38.2 Å². The second-order valence-electron chi connectivity index (χ2n) is 21.5. The van der Waals surface area contributed by atoms with Crippen LogP contribution in [0.25, 0.3) is 0 Å². The normalized spacial score (nSPS) is 50.3. The number of aliphatic hydroxyl groups excluding tert-OH is 8. The van der Waals surface area contributed by atoms with Gasteiger partial charge in [0.25, 0.3) is 0 Å².